The fraction of sp³-hybridized carbons (Fsp3) is 0.500. The van der Waals surface area contributed by atoms with Gasteiger partial charge >= 0.3 is 0 Å². The summed E-state index contributed by atoms with van der Waals surface area (Å²) < 4.78 is 2.00. The van der Waals surface area contributed by atoms with Crippen LogP contribution in [0.5, 0.6) is 0 Å². The molecule has 3 rings (SSSR count). The summed E-state index contributed by atoms with van der Waals surface area (Å²) in [6, 6.07) is 1.77. The zero-order chi connectivity index (χ0) is 14.3. The number of aliphatic hydroxyl groups excluding tert-OH is 1. The van der Waals surface area contributed by atoms with Crippen molar-refractivity contribution in [3.63, 3.8) is 0 Å². The average Bonchev–Trinajstić information content (AvgIpc) is 2.76. The lowest BCUT2D eigenvalue weighted by Crippen LogP contribution is -2.53. The molecule has 2 aromatic heterocycles. The van der Waals surface area contributed by atoms with Crippen LogP contribution in [0.4, 0.5) is 0 Å². The van der Waals surface area contributed by atoms with Crippen LogP contribution < -0.4 is 0 Å². The number of pyridine rings is 1. The van der Waals surface area contributed by atoms with Crippen LogP contribution in [0.3, 0.4) is 0 Å². The minimum atomic E-state index is -0.388. The molecule has 1 aliphatic heterocycles. The van der Waals surface area contributed by atoms with Gasteiger partial charge in [-0.3, -0.25) is 4.79 Å². The van der Waals surface area contributed by atoms with E-state index in [1.807, 2.05) is 4.57 Å². The molecule has 0 spiro atoms. The maximum absolute atomic E-state index is 12.1. The Morgan fingerprint density at radius 2 is 2.20 bits per heavy atom. The largest absolute Gasteiger partial charge is 0.389 e. The van der Waals surface area contributed by atoms with Crippen molar-refractivity contribution < 1.29 is 9.90 Å². The summed E-state index contributed by atoms with van der Waals surface area (Å²) in [5, 5.41) is 9.25. The van der Waals surface area contributed by atoms with Crippen LogP contribution in [0.1, 0.15) is 24.2 Å². The first-order valence-electron chi connectivity index (χ1n) is 6.83. The quantitative estimate of drug-likeness (QED) is 0.903. The maximum atomic E-state index is 12.1. The topological polar surface area (TPSA) is 71.2 Å². The third-order valence-electron chi connectivity index (χ3n) is 3.41. The number of rotatable bonds is 3. The monoisotopic (exact) mass is 274 g/mol. The Morgan fingerprint density at radius 3 is 2.85 bits per heavy atom. The standard InChI is InChI=1S/C14H18N4O2/c1-9(2)5-18-8-16-12-3-10(4-15-13(12)18)14(20)17-6-11(19)7-17/h3-4,8-9,11,19H,5-7H2,1-2H3. The summed E-state index contributed by atoms with van der Waals surface area (Å²) in [6.07, 6.45) is 2.97. The maximum Gasteiger partial charge on any atom is 0.255 e. The highest BCUT2D eigenvalue weighted by Gasteiger charge is 2.29. The van der Waals surface area contributed by atoms with Crippen molar-refractivity contribution in [1.29, 1.82) is 0 Å². The molecule has 0 aliphatic carbocycles. The molecule has 1 aliphatic rings. The molecule has 3 heterocycles. The summed E-state index contributed by atoms with van der Waals surface area (Å²) in [5.41, 5.74) is 2.07. The van der Waals surface area contributed by atoms with Gasteiger partial charge in [0.25, 0.3) is 5.91 Å². The van der Waals surface area contributed by atoms with E-state index in [1.54, 1.807) is 23.5 Å². The van der Waals surface area contributed by atoms with Gasteiger partial charge in [-0.2, -0.15) is 0 Å². The molecule has 2 aromatic rings. The molecule has 0 atom stereocenters. The van der Waals surface area contributed by atoms with Gasteiger partial charge in [0, 0.05) is 25.8 Å². The molecule has 1 saturated heterocycles. The lowest BCUT2D eigenvalue weighted by atomic mass is 10.1. The van der Waals surface area contributed by atoms with Crippen LogP contribution in [-0.2, 0) is 6.54 Å². The first kappa shape index (κ1) is 13.1. The number of imidazole rings is 1. The number of carbonyl (C=O) groups excluding carboxylic acids is 1. The normalized spacial score (nSPS) is 15.9. The van der Waals surface area contributed by atoms with Crippen LogP contribution in [0, 0.1) is 5.92 Å². The number of carbonyl (C=O) groups is 1. The zero-order valence-corrected chi connectivity index (χ0v) is 11.7. The van der Waals surface area contributed by atoms with Gasteiger partial charge in [0.2, 0.25) is 0 Å². The highest BCUT2D eigenvalue weighted by molar-refractivity contribution is 5.96. The highest BCUT2D eigenvalue weighted by atomic mass is 16.3. The van der Waals surface area contributed by atoms with Crippen molar-refractivity contribution >= 4 is 17.1 Å². The molecule has 0 bridgehead atoms. The summed E-state index contributed by atoms with van der Waals surface area (Å²) in [4.78, 5) is 22.4. The molecule has 1 fully saturated rings. The molecule has 20 heavy (non-hydrogen) atoms. The second-order valence-corrected chi connectivity index (χ2v) is 5.72. The van der Waals surface area contributed by atoms with Crippen molar-refractivity contribution in [3.05, 3.63) is 24.2 Å². The van der Waals surface area contributed by atoms with Crippen LogP contribution in [0.25, 0.3) is 11.2 Å². The molecule has 0 aromatic carbocycles. The molecular weight excluding hydrogens is 256 g/mol. The van der Waals surface area contributed by atoms with Crippen LogP contribution in [0.15, 0.2) is 18.6 Å². The van der Waals surface area contributed by atoms with E-state index < -0.39 is 0 Å². The molecule has 0 saturated carbocycles. The number of fused-ring (bicyclic) bond motifs is 1. The summed E-state index contributed by atoms with van der Waals surface area (Å²) in [5.74, 6) is 0.418. The van der Waals surface area contributed by atoms with Crippen LogP contribution in [0.2, 0.25) is 0 Å². The number of amides is 1. The van der Waals surface area contributed by atoms with Crippen molar-refractivity contribution in [2.24, 2.45) is 5.92 Å². The average molecular weight is 274 g/mol. The fourth-order valence-electron chi connectivity index (χ4n) is 2.40. The van der Waals surface area contributed by atoms with E-state index in [9.17, 15) is 9.90 Å². The Labute approximate surface area is 117 Å². The van der Waals surface area contributed by atoms with Crippen molar-refractivity contribution in [2.75, 3.05) is 13.1 Å². The Hall–Kier alpha value is -1.95. The number of hydrogen-bond acceptors (Lipinski definition) is 4. The fourth-order valence-corrected chi connectivity index (χ4v) is 2.40. The predicted octanol–water partition coefficient (Wildman–Crippen LogP) is 0.904. The van der Waals surface area contributed by atoms with Gasteiger partial charge in [-0.05, 0) is 12.0 Å². The van der Waals surface area contributed by atoms with Crippen molar-refractivity contribution in [3.8, 4) is 0 Å². The van der Waals surface area contributed by atoms with Gasteiger partial charge in [-0.25, -0.2) is 9.97 Å². The minimum absolute atomic E-state index is 0.0943. The Balaban J connectivity index is 1.86. The minimum Gasteiger partial charge on any atom is -0.389 e. The molecule has 6 nitrogen and oxygen atoms in total. The Morgan fingerprint density at radius 1 is 1.45 bits per heavy atom. The van der Waals surface area contributed by atoms with Crippen molar-refractivity contribution in [2.45, 2.75) is 26.5 Å². The lowest BCUT2D eigenvalue weighted by molar-refractivity contribution is 0.00588. The molecule has 6 heteroatoms. The summed E-state index contributed by atoms with van der Waals surface area (Å²) >= 11 is 0. The first-order chi connectivity index (χ1) is 9.54. The molecule has 1 amide bonds. The van der Waals surface area contributed by atoms with E-state index >= 15 is 0 Å². The number of aromatic nitrogens is 3. The molecular formula is C14H18N4O2. The summed E-state index contributed by atoms with van der Waals surface area (Å²) in [7, 11) is 0. The molecule has 0 unspecified atom stereocenters. The third-order valence-corrected chi connectivity index (χ3v) is 3.41. The zero-order valence-electron chi connectivity index (χ0n) is 11.7. The van der Waals surface area contributed by atoms with Crippen LogP contribution >= 0.6 is 0 Å². The predicted molar refractivity (Wildman–Crippen MR) is 74.3 cm³/mol. The lowest BCUT2D eigenvalue weighted by Gasteiger charge is -2.35. The second kappa shape index (κ2) is 4.86. The van der Waals surface area contributed by atoms with Gasteiger partial charge in [-0.1, -0.05) is 13.8 Å². The smallest absolute Gasteiger partial charge is 0.255 e. The van der Waals surface area contributed by atoms with E-state index in [4.69, 9.17) is 0 Å². The molecule has 1 N–H and O–H groups in total. The molecule has 106 valence electrons. The highest BCUT2D eigenvalue weighted by Crippen LogP contribution is 2.17. The Bertz CT molecular complexity index is 644. The van der Waals surface area contributed by atoms with Crippen LogP contribution in [-0.4, -0.2) is 49.6 Å². The van der Waals surface area contributed by atoms with Gasteiger partial charge in [0.15, 0.2) is 5.65 Å². The van der Waals surface area contributed by atoms with E-state index in [1.165, 1.54) is 0 Å². The van der Waals surface area contributed by atoms with E-state index in [0.717, 1.165) is 17.7 Å². The first-order valence-corrected chi connectivity index (χ1v) is 6.83. The number of aliphatic hydroxyl groups is 1. The number of β-amino-alcohol motifs (C(OH)–C–C–N with tert-alkyl or cyclic N) is 1. The third kappa shape index (κ3) is 2.27. The number of likely N-dealkylation sites (tertiary alicyclic amines) is 1. The van der Waals surface area contributed by atoms with Gasteiger partial charge in [0.1, 0.15) is 5.52 Å². The van der Waals surface area contributed by atoms with E-state index in [0.29, 0.717) is 24.6 Å². The number of nitrogens with zero attached hydrogens (tertiary/aromatic N) is 4. The van der Waals surface area contributed by atoms with Gasteiger partial charge in [-0.15, -0.1) is 0 Å². The molecule has 0 radical (unpaired) electrons. The second-order valence-electron chi connectivity index (χ2n) is 5.72. The Kier molecular flexibility index (Phi) is 3.17. The SMILES string of the molecule is CC(C)Cn1cnc2cc(C(=O)N3CC(O)C3)cnc21. The van der Waals surface area contributed by atoms with Gasteiger partial charge in [0.05, 0.1) is 18.0 Å². The summed E-state index contributed by atoms with van der Waals surface area (Å²) in [6.45, 7) is 5.93. The number of hydrogen-bond donors (Lipinski definition) is 1. The van der Waals surface area contributed by atoms with Gasteiger partial charge < -0.3 is 14.6 Å². The van der Waals surface area contributed by atoms with Crippen molar-refractivity contribution in [1.82, 2.24) is 19.4 Å². The van der Waals surface area contributed by atoms with E-state index in [2.05, 4.69) is 23.8 Å². The van der Waals surface area contributed by atoms with E-state index in [-0.39, 0.29) is 12.0 Å².